The molecule has 0 aliphatic carbocycles. The SMILES string of the molecule is CCCCCc1ccc(C2N=C(N)CCN2)cc1. The van der Waals surface area contributed by atoms with Crippen LogP contribution in [0.25, 0.3) is 0 Å². The van der Waals surface area contributed by atoms with Gasteiger partial charge in [-0.2, -0.15) is 0 Å². The molecular weight excluding hydrogens is 222 g/mol. The Labute approximate surface area is 109 Å². The quantitative estimate of drug-likeness (QED) is 0.784. The second kappa shape index (κ2) is 6.55. The molecule has 1 aliphatic rings. The number of rotatable bonds is 5. The summed E-state index contributed by atoms with van der Waals surface area (Å²) in [6.45, 7) is 3.15. The van der Waals surface area contributed by atoms with Gasteiger partial charge in [-0.3, -0.25) is 5.32 Å². The van der Waals surface area contributed by atoms with E-state index in [0.717, 1.165) is 18.8 Å². The lowest BCUT2D eigenvalue weighted by Gasteiger charge is -2.20. The summed E-state index contributed by atoms with van der Waals surface area (Å²) < 4.78 is 0. The minimum Gasteiger partial charge on any atom is -0.387 e. The first-order valence-electron chi connectivity index (χ1n) is 6.94. The van der Waals surface area contributed by atoms with Crippen LogP contribution < -0.4 is 11.1 Å². The van der Waals surface area contributed by atoms with Crippen molar-refractivity contribution in [2.24, 2.45) is 10.7 Å². The summed E-state index contributed by atoms with van der Waals surface area (Å²) in [5.74, 6) is 0.755. The first-order valence-corrected chi connectivity index (χ1v) is 6.94. The van der Waals surface area contributed by atoms with Gasteiger partial charge in [0.1, 0.15) is 6.17 Å². The average Bonchev–Trinajstić information content (AvgIpc) is 2.40. The Hall–Kier alpha value is -1.35. The summed E-state index contributed by atoms with van der Waals surface area (Å²) in [4.78, 5) is 4.44. The van der Waals surface area contributed by atoms with Crippen LogP contribution in [0.2, 0.25) is 0 Å². The molecule has 2 rings (SSSR count). The molecule has 0 spiro atoms. The summed E-state index contributed by atoms with van der Waals surface area (Å²) in [5.41, 5.74) is 8.41. The fraction of sp³-hybridized carbons (Fsp3) is 0.533. The molecule has 0 bridgehead atoms. The van der Waals surface area contributed by atoms with Gasteiger partial charge in [-0.15, -0.1) is 0 Å². The van der Waals surface area contributed by atoms with Crippen LogP contribution in [0.3, 0.4) is 0 Å². The number of aryl methyl sites for hydroxylation is 1. The van der Waals surface area contributed by atoms with E-state index in [0.29, 0.717) is 0 Å². The largest absolute Gasteiger partial charge is 0.387 e. The lowest BCUT2D eigenvalue weighted by Crippen LogP contribution is -2.32. The normalized spacial score (nSPS) is 19.6. The zero-order valence-electron chi connectivity index (χ0n) is 11.2. The number of nitrogens with zero attached hydrogens (tertiary/aromatic N) is 1. The van der Waals surface area contributed by atoms with Crippen molar-refractivity contribution < 1.29 is 0 Å². The molecule has 1 unspecified atom stereocenters. The zero-order valence-corrected chi connectivity index (χ0v) is 11.2. The van der Waals surface area contributed by atoms with Gasteiger partial charge in [-0.1, -0.05) is 44.0 Å². The van der Waals surface area contributed by atoms with E-state index in [1.165, 1.54) is 36.8 Å². The van der Waals surface area contributed by atoms with E-state index in [9.17, 15) is 0 Å². The molecule has 0 amide bonds. The monoisotopic (exact) mass is 245 g/mol. The van der Waals surface area contributed by atoms with Gasteiger partial charge in [0.15, 0.2) is 0 Å². The van der Waals surface area contributed by atoms with E-state index in [2.05, 4.69) is 41.5 Å². The van der Waals surface area contributed by atoms with E-state index >= 15 is 0 Å². The van der Waals surface area contributed by atoms with E-state index in [1.807, 2.05) is 0 Å². The molecule has 1 heterocycles. The molecule has 1 aromatic carbocycles. The van der Waals surface area contributed by atoms with Gasteiger partial charge >= 0.3 is 0 Å². The topological polar surface area (TPSA) is 50.4 Å². The Kier molecular flexibility index (Phi) is 4.76. The third-order valence-electron chi connectivity index (χ3n) is 3.38. The molecule has 1 atom stereocenters. The van der Waals surface area contributed by atoms with Gasteiger partial charge in [0.05, 0.1) is 5.84 Å². The number of amidine groups is 1. The molecule has 3 N–H and O–H groups in total. The van der Waals surface area contributed by atoms with E-state index in [4.69, 9.17) is 5.73 Å². The van der Waals surface area contributed by atoms with Crippen molar-refractivity contribution in [3.63, 3.8) is 0 Å². The van der Waals surface area contributed by atoms with Gasteiger partial charge in [0.2, 0.25) is 0 Å². The summed E-state index contributed by atoms with van der Waals surface area (Å²) in [5, 5.41) is 3.37. The molecule has 3 nitrogen and oxygen atoms in total. The Morgan fingerprint density at radius 2 is 2.06 bits per heavy atom. The van der Waals surface area contributed by atoms with Crippen molar-refractivity contribution in [2.45, 2.75) is 45.2 Å². The highest BCUT2D eigenvalue weighted by Crippen LogP contribution is 2.18. The van der Waals surface area contributed by atoms with Crippen LogP contribution in [0, 0.1) is 0 Å². The summed E-state index contributed by atoms with van der Waals surface area (Å²) in [6.07, 6.45) is 5.94. The van der Waals surface area contributed by atoms with Crippen LogP contribution in [-0.2, 0) is 6.42 Å². The van der Waals surface area contributed by atoms with Crippen LogP contribution in [0.5, 0.6) is 0 Å². The second-order valence-electron chi connectivity index (χ2n) is 4.93. The molecule has 0 aromatic heterocycles. The molecule has 1 aliphatic heterocycles. The molecule has 0 saturated carbocycles. The van der Waals surface area contributed by atoms with Crippen LogP contribution >= 0.6 is 0 Å². The van der Waals surface area contributed by atoms with Crippen molar-refractivity contribution in [3.05, 3.63) is 35.4 Å². The van der Waals surface area contributed by atoms with Crippen LogP contribution in [0.15, 0.2) is 29.3 Å². The molecule has 0 fully saturated rings. The maximum absolute atomic E-state index is 5.78. The predicted molar refractivity (Wildman–Crippen MR) is 76.7 cm³/mol. The minimum atomic E-state index is 0.0449. The molecule has 98 valence electrons. The minimum absolute atomic E-state index is 0.0449. The van der Waals surface area contributed by atoms with Gasteiger partial charge in [0, 0.05) is 13.0 Å². The number of benzene rings is 1. The zero-order chi connectivity index (χ0) is 12.8. The maximum atomic E-state index is 5.78. The first kappa shape index (κ1) is 13.1. The number of hydrogen-bond donors (Lipinski definition) is 2. The van der Waals surface area contributed by atoms with Crippen molar-refractivity contribution in [1.29, 1.82) is 0 Å². The van der Waals surface area contributed by atoms with Gasteiger partial charge < -0.3 is 5.73 Å². The summed E-state index contributed by atoms with van der Waals surface area (Å²) >= 11 is 0. The maximum Gasteiger partial charge on any atom is 0.127 e. The lowest BCUT2D eigenvalue weighted by atomic mass is 10.0. The summed E-state index contributed by atoms with van der Waals surface area (Å²) in [6, 6.07) is 8.77. The van der Waals surface area contributed by atoms with Gasteiger partial charge in [-0.05, 0) is 24.0 Å². The Morgan fingerprint density at radius 3 is 2.72 bits per heavy atom. The van der Waals surface area contributed by atoms with E-state index < -0.39 is 0 Å². The number of unbranched alkanes of at least 4 members (excludes halogenated alkanes) is 2. The third kappa shape index (κ3) is 3.57. The first-order chi connectivity index (χ1) is 8.79. The van der Waals surface area contributed by atoms with Gasteiger partial charge in [0.25, 0.3) is 0 Å². The number of aliphatic imine (C=N–C) groups is 1. The Balaban J connectivity index is 1.96. The summed E-state index contributed by atoms with van der Waals surface area (Å²) in [7, 11) is 0. The highest BCUT2D eigenvalue weighted by Gasteiger charge is 2.13. The van der Waals surface area contributed by atoms with Crippen LogP contribution in [0.4, 0.5) is 0 Å². The van der Waals surface area contributed by atoms with Crippen LogP contribution in [-0.4, -0.2) is 12.4 Å². The molecule has 18 heavy (non-hydrogen) atoms. The van der Waals surface area contributed by atoms with Gasteiger partial charge in [-0.25, -0.2) is 4.99 Å². The third-order valence-corrected chi connectivity index (χ3v) is 3.38. The van der Waals surface area contributed by atoms with Crippen molar-refractivity contribution in [3.8, 4) is 0 Å². The predicted octanol–water partition coefficient (Wildman–Crippen LogP) is 2.77. The number of nitrogens with two attached hydrogens (primary N) is 1. The smallest absolute Gasteiger partial charge is 0.127 e. The van der Waals surface area contributed by atoms with E-state index in [-0.39, 0.29) is 6.17 Å². The molecule has 3 heteroatoms. The molecular formula is C15H23N3. The fourth-order valence-electron chi connectivity index (χ4n) is 2.25. The number of nitrogens with one attached hydrogen (secondary N) is 1. The lowest BCUT2D eigenvalue weighted by molar-refractivity contribution is 0.539. The average molecular weight is 245 g/mol. The second-order valence-corrected chi connectivity index (χ2v) is 4.93. The fourth-order valence-corrected chi connectivity index (χ4v) is 2.25. The molecule has 0 radical (unpaired) electrons. The highest BCUT2D eigenvalue weighted by atomic mass is 15.1. The van der Waals surface area contributed by atoms with Crippen molar-refractivity contribution >= 4 is 5.84 Å². The van der Waals surface area contributed by atoms with Crippen molar-refractivity contribution in [1.82, 2.24) is 5.32 Å². The van der Waals surface area contributed by atoms with Crippen LogP contribution in [0.1, 0.15) is 49.9 Å². The number of hydrogen-bond acceptors (Lipinski definition) is 3. The van der Waals surface area contributed by atoms with Crippen molar-refractivity contribution in [2.75, 3.05) is 6.54 Å². The Bertz CT molecular complexity index is 395. The highest BCUT2D eigenvalue weighted by molar-refractivity contribution is 5.81. The molecule has 1 aromatic rings. The standard InChI is InChI=1S/C15H23N3/c1-2-3-4-5-12-6-8-13(9-7-12)15-17-11-10-14(16)18-15/h6-9,15,17H,2-5,10-11H2,1H3,(H2,16,18). The Morgan fingerprint density at radius 1 is 1.28 bits per heavy atom. The van der Waals surface area contributed by atoms with E-state index in [1.54, 1.807) is 0 Å². The molecule has 0 saturated heterocycles.